The van der Waals surface area contributed by atoms with E-state index in [1.165, 1.54) is 0 Å². The number of benzene rings is 2. The second kappa shape index (κ2) is 15.8. The third-order valence-corrected chi connectivity index (χ3v) is 11.6. The lowest BCUT2D eigenvalue weighted by atomic mass is 9.92. The van der Waals surface area contributed by atoms with Crippen LogP contribution in [0.2, 0.25) is 0 Å². The number of carbonyl (C=O) groups excluding carboxylic acids is 3. The van der Waals surface area contributed by atoms with Crippen LogP contribution in [-0.2, 0) is 26.1 Å². The molecule has 6 heterocycles. The second-order valence-electron chi connectivity index (χ2n) is 15.7. The standard InChI is InChI=1S/C44H44F2N6O7/c1-26-4-10-38(41(53)49-26)52-42(54)34-9-7-29(17-35(34)43(52)55)51-22-32(23-51)58-25-44(45,46)24-56-14-3-15-57-30-18-31(19-30)59-40-11-6-28(20-48-40)27-5-8-33-36-21-47-13-12-37(36)50(2)39(33)16-27/h5-9,11-13,16-17,20-21,30-32,38H,1,3-4,10,14-15,18-19,22-25H2,2H3,(H,49,53). The molecule has 3 amide bonds. The number of fused-ring (bicyclic) bond motifs is 4. The average molecular weight is 807 g/mol. The van der Waals surface area contributed by atoms with Gasteiger partial charge in [0.15, 0.2) is 0 Å². The number of amides is 3. The summed E-state index contributed by atoms with van der Waals surface area (Å²) in [5.41, 5.74) is 6.01. The van der Waals surface area contributed by atoms with Crippen LogP contribution in [0.15, 0.2) is 85.5 Å². The average Bonchev–Trinajstić information content (AvgIpc) is 3.62. The van der Waals surface area contributed by atoms with Crippen molar-refractivity contribution in [3.8, 4) is 17.0 Å². The summed E-state index contributed by atoms with van der Waals surface area (Å²) in [5.74, 6) is -4.06. The lowest BCUT2D eigenvalue weighted by Crippen LogP contribution is -2.53. The van der Waals surface area contributed by atoms with Crippen LogP contribution in [0.5, 0.6) is 5.88 Å². The summed E-state index contributed by atoms with van der Waals surface area (Å²) < 4.78 is 54.0. The van der Waals surface area contributed by atoms with Crippen LogP contribution in [0, 0.1) is 0 Å². The molecule has 59 heavy (non-hydrogen) atoms. The zero-order valence-electron chi connectivity index (χ0n) is 32.6. The minimum atomic E-state index is -3.16. The number of imide groups is 1. The minimum absolute atomic E-state index is 0.00445. The largest absolute Gasteiger partial charge is 0.474 e. The van der Waals surface area contributed by atoms with E-state index in [9.17, 15) is 23.2 Å². The van der Waals surface area contributed by atoms with Gasteiger partial charge < -0.3 is 33.7 Å². The summed E-state index contributed by atoms with van der Waals surface area (Å²) in [6.07, 6.45) is 7.89. The first-order chi connectivity index (χ1) is 28.5. The first kappa shape index (κ1) is 38.7. The summed E-state index contributed by atoms with van der Waals surface area (Å²) in [7, 11) is 2.06. The molecule has 5 aromatic rings. The number of hydrogen-bond acceptors (Lipinski definition) is 10. The van der Waals surface area contributed by atoms with E-state index in [2.05, 4.69) is 51.7 Å². The molecule has 4 aliphatic rings. The van der Waals surface area contributed by atoms with Gasteiger partial charge in [0, 0.05) is 104 Å². The van der Waals surface area contributed by atoms with Crippen LogP contribution in [0.3, 0.4) is 0 Å². The number of alkyl halides is 2. The molecule has 2 aromatic carbocycles. The molecule has 1 unspecified atom stereocenters. The van der Waals surface area contributed by atoms with E-state index in [0.29, 0.717) is 56.2 Å². The molecular formula is C44H44F2N6O7. The molecule has 0 radical (unpaired) electrons. The number of rotatable bonds is 15. The normalized spacial score (nSPS) is 20.9. The molecule has 3 aromatic heterocycles. The summed E-state index contributed by atoms with van der Waals surface area (Å²) in [5, 5.41) is 4.91. The van der Waals surface area contributed by atoms with Gasteiger partial charge in [0.1, 0.15) is 25.4 Å². The Kier molecular flexibility index (Phi) is 10.4. The van der Waals surface area contributed by atoms with Crippen LogP contribution in [0.1, 0.15) is 52.8 Å². The van der Waals surface area contributed by atoms with Gasteiger partial charge in [0.2, 0.25) is 11.8 Å². The summed E-state index contributed by atoms with van der Waals surface area (Å²) >= 11 is 0. The van der Waals surface area contributed by atoms with E-state index in [4.69, 9.17) is 18.9 Å². The number of allylic oxidation sites excluding steroid dienone is 1. The van der Waals surface area contributed by atoms with Gasteiger partial charge in [-0.3, -0.25) is 24.3 Å². The Labute approximate surface area is 338 Å². The molecular weight excluding hydrogens is 763 g/mol. The highest BCUT2D eigenvalue weighted by molar-refractivity contribution is 6.23. The van der Waals surface area contributed by atoms with Crippen LogP contribution in [0.4, 0.5) is 14.5 Å². The van der Waals surface area contributed by atoms with E-state index in [-0.39, 0.29) is 29.9 Å². The highest BCUT2D eigenvalue weighted by Gasteiger charge is 2.44. The maximum Gasteiger partial charge on any atom is 0.293 e. The van der Waals surface area contributed by atoms with Gasteiger partial charge in [0.05, 0.1) is 28.9 Å². The monoisotopic (exact) mass is 806 g/mol. The van der Waals surface area contributed by atoms with Crippen molar-refractivity contribution in [1.29, 1.82) is 0 Å². The number of anilines is 1. The molecule has 1 atom stereocenters. The van der Waals surface area contributed by atoms with Crippen molar-refractivity contribution in [3.05, 3.63) is 96.6 Å². The molecule has 306 valence electrons. The molecule has 3 fully saturated rings. The van der Waals surface area contributed by atoms with Gasteiger partial charge in [0.25, 0.3) is 17.7 Å². The summed E-state index contributed by atoms with van der Waals surface area (Å²) in [6, 6.07) is 16.3. The van der Waals surface area contributed by atoms with Crippen molar-refractivity contribution in [1.82, 2.24) is 24.8 Å². The lowest BCUT2D eigenvalue weighted by molar-refractivity contribution is -0.142. The van der Waals surface area contributed by atoms with E-state index < -0.39 is 49.0 Å². The maximum absolute atomic E-state index is 14.5. The van der Waals surface area contributed by atoms with Crippen molar-refractivity contribution >= 4 is 45.2 Å². The third kappa shape index (κ3) is 7.77. The van der Waals surface area contributed by atoms with Crippen molar-refractivity contribution in [3.63, 3.8) is 0 Å². The van der Waals surface area contributed by atoms with Crippen LogP contribution in [-0.4, -0.2) is 107 Å². The molecule has 2 saturated heterocycles. The first-order valence-electron chi connectivity index (χ1n) is 19.9. The Morgan fingerprint density at radius 3 is 2.46 bits per heavy atom. The third-order valence-electron chi connectivity index (χ3n) is 11.6. The molecule has 1 saturated carbocycles. The lowest BCUT2D eigenvalue weighted by Gasteiger charge is -2.41. The topological polar surface area (TPSA) is 137 Å². The number of pyridine rings is 2. The fourth-order valence-corrected chi connectivity index (χ4v) is 8.18. The molecule has 0 bridgehead atoms. The van der Waals surface area contributed by atoms with E-state index in [1.54, 1.807) is 24.4 Å². The zero-order valence-corrected chi connectivity index (χ0v) is 32.6. The van der Waals surface area contributed by atoms with Gasteiger partial charge in [-0.15, -0.1) is 0 Å². The number of aryl methyl sites for hydroxylation is 1. The number of aromatic nitrogens is 3. The molecule has 9 rings (SSSR count). The molecule has 0 spiro atoms. The molecule has 15 heteroatoms. The van der Waals surface area contributed by atoms with Gasteiger partial charge in [-0.1, -0.05) is 18.7 Å². The fourth-order valence-electron chi connectivity index (χ4n) is 8.18. The van der Waals surface area contributed by atoms with Crippen molar-refractivity contribution in [2.24, 2.45) is 7.05 Å². The number of piperidine rings is 1. The fraction of sp³-hybridized carbons (Fsp3) is 0.386. The van der Waals surface area contributed by atoms with Gasteiger partial charge in [-0.05, 0) is 61.2 Å². The highest BCUT2D eigenvalue weighted by atomic mass is 19.3. The SMILES string of the molecule is C=C1CCC(N2C(=O)c3ccc(N4CC(OCC(F)(F)COCCCOC5CC(Oc6ccc(-c7ccc8c9cnccc9n(C)c8c7)cn6)C5)C4)cc3C2=O)C(=O)N1. The maximum atomic E-state index is 14.5. The van der Waals surface area contributed by atoms with Gasteiger partial charge in [-0.25, -0.2) is 13.8 Å². The predicted octanol–water partition coefficient (Wildman–Crippen LogP) is 6.05. The number of halogens is 2. The minimum Gasteiger partial charge on any atom is -0.474 e. The second-order valence-corrected chi connectivity index (χ2v) is 15.7. The Morgan fingerprint density at radius 1 is 0.847 bits per heavy atom. The van der Waals surface area contributed by atoms with Crippen molar-refractivity contribution < 1.29 is 42.1 Å². The molecule has 1 aliphatic carbocycles. The highest BCUT2D eigenvalue weighted by Crippen LogP contribution is 2.35. The molecule has 13 nitrogen and oxygen atoms in total. The quantitative estimate of drug-likeness (QED) is 0.0984. The predicted molar refractivity (Wildman–Crippen MR) is 214 cm³/mol. The Balaban J connectivity index is 0.641. The van der Waals surface area contributed by atoms with E-state index in [1.807, 2.05) is 35.5 Å². The van der Waals surface area contributed by atoms with Crippen LogP contribution in [0.25, 0.3) is 32.9 Å². The van der Waals surface area contributed by atoms with Gasteiger partial charge in [-0.2, -0.15) is 0 Å². The van der Waals surface area contributed by atoms with E-state index >= 15 is 0 Å². The number of ether oxygens (including phenoxy) is 4. The molecule has 3 aliphatic heterocycles. The van der Waals surface area contributed by atoms with E-state index in [0.717, 1.165) is 50.7 Å². The van der Waals surface area contributed by atoms with Crippen LogP contribution < -0.4 is 15.0 Å². The number of hydrogen-bond donors (Lipinski definition) is 1. The van der Waals surface area contributed by atoms with Gasteiger partial charge >= 0.3 is 0 Å². The van der Waals surface area contributed by atoms with Crippen molar-refractivity contribution in [2.45, 2.75) is 62.4 Å². The smallest absolute Gasteiger partial charge is 0.293 e. The Morgan fingerprint density at radius 2 is 1.66 bits per heavy atom. The summed E-state index contributed by atoms with van der Waals surface area (Å²) in [6.45, 7) is 3.45. The number of carbonyl (C=O) groups is 3. The molecule has 1 N–H and O–H groups in total. The Hall–Kier alpha value is -5.77. The first-order valence-corrected chi connectivity index (χ1v) is 19.9. The summed E-state index contributed by atoms with van der Waals surface area (Å²) in [4.78, 5) is 50.4. The van der Waals surface area contributed by atoms with Crippen molar-refractivity contribution in [2.75, 3.05) is 44.4 Å². The number of nitrogens with one attached hydrogen (secondary N) is 1. The number of nitrogens with zero attached hydrogens (tertiary/aromatic N) is 5. The van der Waals surface area contributed by atoms with Crippen LogP contribution >= 0.6 is 0 Å². The zero-order chi connectivity index (χ0) is 40.8. The Bertz CT molecular complexity index is 2440.